The third-order valence-electron chi connectivity index (χ3n) is 2.90. The zero-order valence-electron chi connectivity index (χ0n) is 10.9. The summed E-state index contributed by atoms with van der Waals surface area (Å²) in [6.45, 7) is 3.68. The fourth-order valence-corrected chi connectivity index (χ4v) is 1.72. The summed E-state index contributed by atoms with van der Waals surface area (Å²) in [5.41, 5.74) is 4.05. The van der Waals surface area contributed by atoms with E-state index in [1.165, 1.54) is 6.07 Å². The van der Waals surface area contributed by atoms with Gasteiger partial charge < -0.3 is 0 Å². The number of benzene rings is 2. The van der Waals surface area contributed by atoms with Crippen molar-refractivity contribution < 1.29 is 4.39 Å². The number of rotatable bonds is 0. The zero-order valence-corrected chi connectivity index (χ0v) is 10.9. The summed E-state index contributed by atoms with van der Waals surface area (Å²) in [5.74, 6) is 8.35. The van der Waals surface area contributed by atoms with Gasteiger partial charge >= 0.3 is 0 Å². The number of aryl methyl sites for hydroxylation is 2. The monoisotopic (exact) mass is 248 g/mol. The van der Waals surface area contributed by atoms with E-state index in [-0.39, 0.29) is 5.82 Å². The number of hydrogen-bond acceptors (Lipinski definition) is 0. The lowest BCUT2D eigenvalue weighted by Gasteiger charge is -1.98. The first kappa shape index (κ1) is 12.9. The smallest absolute Gasteiger partial charge is 0.127 e. The Morgan fingerprint density at radius 3 is 2.11 bits per heavy atom. The van der Waals surface area contributed by atoms with Crippen LogP contribution in [-0.4, -0.2) is 0 Å². The van der Waals surface area contributed by atoms with Crippen molar-refractivity contribution in [2.24, 2.45) is 0 Å². The van der Waals surface area contributed by atoms with Crippen LogP contribution in [-0.2, 0) is 0 Å². The fraction of sp³-hybridized carbons (Fsp3) is 0.111. The average molecular weight is 248 g/mol. The second-order valence-electron chi connectivity index (χ2n) is 4.39. The number of halogens is 1. The maximum Gasteiger partial charge on any atom is 0.127 e. The molecule has 19 heavy (non-hydrogen) atoms. The Morgan fingerprint density at radius 2 is 1.53 bits per heavy atom. The Labute approximate surface area is 113 Å². The van der Waals surface area contributed by atoms with E-state index in [1.54, 1.807) is 13.0 Å². The fourth-order valence-electron chi connectivity index (χ4n) is 1.72. The van der Waals surface area contributed by atoms with Crippen molar-refractivity contribution in [1.29, 1.82) is 0 Å². The summed E-state index contributed by atoms with van der Waals surface area (Å²) < 4.78 is 13.4. The predicted molar refractivity (Wildman–Crippen MR) is 76.2 cm³/mol. The highest BCUT2D eigenvalue weighted by atomic mass is 19.1. The van der Waals surface area contributed by atoms with Gasteiger partial charge in [0, 0.05) is 16.7 Å². The molecule has 2 aromatic carbocycles. The third kappa shape index (κ3) is 3.03. The van der Waals surface area contributed by atoms with E-state index >= 15 is 0 Å². The van der Waals surface area contributed by atoms with Crippen LogP contribution in [0.3, 0.4) is 0 Å². The van der Waals surface area contributed by atoms with Gasteiger partial charge in [-0.2, -0.15) is 0 Å². The first-order chi connectivity index (χ1) is 9.10. The van der Waals surface area contributed by atoms with Gasteiger partial charge in [-0.3, -0.25) is 0 Å². The van der Waals surface area contributed by atoms with Gasteiger partial charge in [-0.1, -0.05) is 23.8 Å². The van der Waals surface area contributed by atoms with Gasteiger partial charge in [0.15, 0.2) is 0 Å². The van der Waals surface area contributed by atoms with Crippen molar-refractivity contribution in [2.75, 3.05) is 0 Å². The van der Waals surface area contributed by atoms with Gasteiger partial charge in [-0.05, 0) is 55.3 Å². The highest BCUT2D eigenvalue weighted by Crippen LogP contribution is 2.10. The molecule has 0 aliphatic heterocycles. The van der Waals surface area contributed by atoms with Crippen LogP contribution in [0.5, 0.6) is 0 Å². The largest absolute Gasteiger partial charge is 0.207 e. The van der Waals surface area contributed by atoms with Crippen LogP contribution in [0.4, 0.5) is 4.39 Å². The van der Waals surface area contributed by atoms with Crippen molar-refractivity contribution in [1.82, 2.24) is 0 Å². The summed E-state index contributed by atoms with van der Waals surface area (Å²) in [6.07, 6.45) is 5.37. The maximum atomic E-state index is 13.4. The molecule has 0 radical (unpaired) electrons. The minimum Gasteiger partial charge on any atom is -0.207 e. The molecule has 0 saturated heterocycles. The van der Waals surface area contributed by atoms with Crippen molar-refractivity contribution in [3.63, 3.8) is 0 Å². The second kappa shape index (κ2) is 5.42. The first-order valence-corrected chi connectivity index (χ1v) is 5.95. The van der Waals surface area contributed by atoms with Crippen LogP contribution >= 0.6 is 0 Å². The van der Waals surface area contributed by atoms with Gasteiger partial charge in [-0.25, -0.2) is 4.39 Å². The molecule has 0 heterocycles. The molecule has 0 amide bonds. The molecule has 0 fully saturated rings. The molecule has 0 aliphatic carbocycles. The standard InChI is InChI=1S/C18H13F/c1-4-17-10-9-15(11-14(17)3)7-8-16-6-5-13(2)18(19)12-16/h1,5-6,9-12H,2-3H3. The molecular formula is C18H13F. The van der Waals surface area contributed by atoms with E-state index < -0.39 is 0 Å². The third-order valence-corrected chi connectivity index (χ3v) is 2.90. The van der Waals surface area contributed by atoms with Crippen LogP contribution in [0.1, 0.15) is 27.8 Å². The molecule has 0 saturated carbocycles. The lowest BCUT2D eigenvalue weighted by molar-refractivity contribution is 0.618. The van der Waals surface area contributed by atoms with Gasteiger partial charge in [0.2, 0.25) is 0 Å². The van der Waals surface area contributed by atoms with E-state index in [0.29, 0.717) is 11.1 Å². The van der Waals surface area contributed by atoms with E-state index in [1.807, 2.05) is 31.2 Å². The van der Waals surface area contributed by atoms with E-state index in [0.717, 1.165) is 16.7 Å². The molecule has 92 valence electrons. The minimum atomic E-state index is -0.231. The van der Waals surface area contributed by atoms with Crippen LogP contribution in [0.25, 0.3) is 0 Å². The average Bonchev–Trinajstić information content (AvgIpc) is 2.40. The second-order valence-corrected chi connectivity index (χ2v) is 4.39. The van der Waals surface area contributed by atoms with Crippen molar-refractivity contribution in [3.05, 3.63) is 70.0 Å². The van der Waals surface area contributed by atoms with Gasteiger partial charge in [0.1, 0.15) is 5.82 Å². The minimum absolute atomic E-state index is 0.231. The molecule has 0 nitrogen and oxygen atoms in total. The van der Waals surface area contributed by atoms with E-state index in [9.17, 15) is 4.39 Å². The Morgan fingerprint density at radius 1 is 0.895 bits per heavy atom. The highest BCUT2D eigenvalue weighted by Gasteiger charge is 1.97. The van der Waals surface area contributed by atoms with Crippen LogP contribution in [0.2, 0.25) is 0 Å². The Kier molecular flexibility index (Phi) is 3.69. The topological polar surface area (TPSA) is 0 Å². The molecule has 2 aromatic rings. The van der Waals surface area contributed by atoms with Crippen LogP contribution < -0.4 is 0 Å². The molecule has 0 unspecified atom stereocenters. The molecule has 2 rings (SSSR count). The van der Waals surface area contributed by atoms with Crippen LogP contribution in [0.15, 0.2) is 36.4 Å². The molecule has 0 N–H and O–H groups in total. The van der Waals surface area contributed by atoms with Crippen molar-refractivity contribution >= 4 is 0 Å². The van der Waals surface area contributed by atoms with Crippen LogP contribution in [0, 0.1) is 43.8 Å². The summed E-state index contributed by atoms with van der Waals surface area (Å²) in [5, 5.41) is 0. The van der Waals surface area contributed by atoms with Gasteiger partial charge in [-0.15, -0.1) is 6.42 Å². The summed E-state index contributed by atoms with van der Waals surface area (Å²) in [7, 11) is 0. The van der Waals surface area contributed by atoms with E-state index in [4.69, 9.17) is 6.42 Å². The normalized spacial score (nSPS) is 9.37. The van der Waals surface area contributed by atoms with Gasteiger partial charge in [0.05, 0.1) is 0 Å². The molecule has 0 bridgehead atoms. The summed E-state index contributed by atoms with van der Waals surface area (Å²) in [6, 6.07) is 10.7. The lowest BCUT2D eigenvalue weighted by atomic mass is 10.1. The quantitative estimate of drug-likeness (QED) is 0.622. The SMILES string of the molecule is C#Cc1ccc(C#Cc2ccc(C)c(F)c2)cc1C. The van der Waals surface area contributed by atoms with Gasteiger partial charge in [0.25, 0.3) is 0 Å². The highest BCUT2D eigenvalue weighted by molar-refractivity contribution is 5.49. The first-order valence-electron chi connectivity index (χ1n) is 5.95. The molecule has 0 aliphatic rings. The Bertz CT molecular complexity index is 722. The maximum absolute atomic E-state index is 13.4. The molecule has 1 heteroatoms. The van der Waals surface area contributed by atoms with Crippen molar-refractivity contribution in [2.45, 2.75) is 13.8 Å². The molecule has 0 spiro atoms. The predicted octanol–water partition coefficient (Wildman–Crippen LogP) is 3.82. The van der Waals surface area contributed by atoms with Crippen molar-refractivity contribution in [3.8, 4) is 24.2 Å². The summed E-state index contributed by atoms with van der Waals surface area (Å²) in [4.78, 5) is 0. The Balaban J connectivity index is 2.31. The number of terminal acetylenes is 1. The van der Waals surface area contributed by atoms with E-state index in [2.05, 4.69) is 17.8 Å². The molecule has 0 atom stereocenters. The zero-order chi connectivity index (χ0) is 13.8. The summed E-state index contributed by atoms with van der Waals surface area (Å²) >= 11 is 0. The Hall–Kier alpha value is -2.51. The lowest BCUT2D eigenvalue weighted by Crippen LogP contribution is -1.85. The molecular weight excluding hydrogens is 235 g/mol. The number of hydrogen-bond donors (Lipinski definition) is 0. The molecule has 0 aromatic heterocycles.